The van der Waals surface area contributed by atoms with E-state index < -0.39 is 12.0 Å². The first-order chi connectivity index (χ1) is 10.1. The minimum Gasteiger partial charge on any atom is -0.497 e. The Kier molecular flexibility index (Phi) is 4.72. The first-order valence-electron chi connectivity index (χ1n) is 5.95. The molecule has 1 heterocycles. The lowest BCUT2D eigenvalue weighted by molar-refractivity contribution is -0.136. The lowest BCUT2D eigenvalue weighted by Crippen LogP contribution is -2.19. The highest BCUT2D eigenvalue weighted by atomic mass is 32.1. The van der Waals surface area contributed by atoms with E-state index in [1.807, 2.05) is 0 Å². The van der Waals surface area contributed by atoms with Gasteiger partial charge in [-0.05, 0) is 24.3 Å². The maximum Gasteiger partial charge on any atom is 0.325 e. The van der Waals surface area contributed by atoms with Crippen LogP contribution in [0.3, 0.4) is 0 Å². The second kappa shape index (κ2) is 6.71. The molecule has 0 aliphatic rings. The summed E-state index contributed by atoms with van der Waals surface area (Å²) in [6.45, 7) is 0. The van der Waals surface area contributed by atoms with Crippen LogP contribution in [-0.4, -0.2) is 29.2 Å². The Morgan fingerprint density at radius 1 is 1.29 bits per heavy atom. The van der Waals surface area contributed by atoms with Gasteiger partial charge in [0.15, 0.2) is 5.13 Å². The van der Waals surface area contributed by atoms with Crippen LogP contribution in [0.2, 0.25) is 0 Å². The highest BCUT2D eigenvalue weighted by Gasteiger charge is 2.09. The summed E-state index contributed by atoms with van der Waals surface area (Å²) in [4.78, 5) is 26.3. The molecule has 0 bridgehead atoms. The van der Waals surface area contributed by atoms with Crippen molar-refractivity contribution in [2.75, 3.05) is 17.7 Å². The van der Waals surface area contributed by atoms with Crippen molar-refractivity contribution in [3.05, 3.63) is 35.3 Å². The number of carboxylic acid groups (broad SMARTS) is 1. The maximum absolute atomic E-state index is 11.8. The Balaban J connectivity index is 1.91. The molecule has 1 aromatic heterocycles. The second-order valence-electron chi connectivity index (χ2n) is 4.02. The molecule has 110 valence electrons. The second-order valence-corrected chi connectivity index (χ2v) is 4.88. The Hall–Kier alpha value is -2.61. The third kappa shape index (κ3) is 4.46. The predicted octanol–water partition coefficient (Wildman–Crippen LogP) is 2.42. The van der Waals surface area contributed by atoms with Crippen molar-refractivity contribution in [3.8, 4) is 5.75 Å². The SMILES string of the molecule is COc1ccc(NC(=O)Nc2nc(CC(=O)O)cs2)cc1. The zero-order valence-electron chi connectivity index (χ0n) is 11.1. The van der Waals surface area contributed by atoms with E-state index in [1.54, 1.807) is 36.8 Å². The van der Waals surface area contributed by atoms with E-state index in [0.717, 1.165) is 0 Å². The van der Waals surface area contributed by atoms with Gasteiger partial charge in [0.25, 0.3) is 0 Å². The molecule has 7 nitrogen and oxygen atoms in total. The van der Waals surface area contributed by atoms with Gasteiger partial charge in [0.2, 0.25) is 0 Å². The molecular weight excluding hydrogens is 294 g/mol. The number of ether oxygens (including phenoxy) is 1. The fourth-order valence-corrected chi connectivity index (χ4v) is 2.24. The molecule has 0 radical (unpaired) electrons. The number of aromatic nitrogens is 1. The number of carboxylic acids is 1. The van der Waals surface area contributed by atoms with Crippen LogP contribution in [0, 0.1) is 0 Å². The number of thiazole rings is 1. The van der Waals surface area contributed by atoms with E-state index >= 15 is 0 Å². The number of nitrogens with zero attached hydrogens (tertiary/aromatic N) is 1. The number of anilines is 2. The molecule has 0 aliphatic carbocycles. The monoisotopic (exact) mass is 307 g/mol. The van der Waals surface area contributed by atoms with Gasteiger partial charge >= 0.3 is 12.0 Å². The van der Waals surface area contributed by atoms with Gasteiger partial charge in [0.05, 0.1) is 19.2 Å². The first kappa shape index (κ1) is 14.8. The van der Waals surface area contributed by atoms with Gasteiger partial charge in [-0.25, -0.2) is 9.78 Å². The van der Waals surface area contributed by atoms with E-state index in [0.29, 0.717) is 22.3 Å². The van der Waals surface area contributed by atoms with Gasteiger partial charge < -0.3 is 15.2 Å². The van der Waals surface area contributed by atoms with Crippen LogP contribution >= 0.6 is 11.3 Å². The maximum atomic E-state index is 11.8. The molecule has 3 N–H and O–H groups in total. The van der Waals surface area contributed by atoms with Gasteiger partial charge in [-0.3, -0.25) is 10.1 Å². The lowest BCUT2D eigenvalue weighted by Gasteiger charge is -2.06. The van der Waals surface area contributed by atoms with Crippen molar-refractivity contribution in [2.24, 2.45) is 0 Å². The Labute approximate surface area is 124 Å². The van der Waals surface area contributed by atoms with E-state index in [9.17, 15) is 9.59 Å². The number of carbonyl (C=O) groups is 2. The molecule has 8 heteroatoms. The number of nitrogens with one attached hydrogen (secondary N) is 2. The summed E-state index contributed by atoms with van der Waals surface area (Å²) in [5.41, 5.74) is 1.02. The fourth-order valence-electron chi connectivity index (χ4n) is 1.53. The number of hydrogen-bond donors (Lipinski definition) is 3. The van der Waals surface area contributed by atoms with Gasteiger partial charge in [-0.15, -0.1) is 11.3 Å². The number of carbonyl (C=O) groups excluding carboxylic acids is 1. The fraction of sp³-hybridized carbons (Fsp3) is 0.154. The lowest BCUT2D eigenvalue weighted by atomic mass is 10.3. The zero-order chi connectivity index (χ0) is 15.2. The molecule has 0 aliphatic heterocycles. The van der Waals surface area contributed by atoms with Gasteiger partial charge in [0, 0.05) is 11.1 Å². The van der Waals surface area contributed by atoms with E-state index in [1.165, 1.54) is 11.3 Å². The smallest absolute Gasteiger partial charge is 0.325 e. The summed E-state index contributed by atoms with van der Waals surface area (Å²) in [5.74, 6) is -0.270. The molecule has 2 amide bonds. The van der Waals surface area contributed by atoms with Gasteiger partial charge in [0.1, 0.15) is 5.75 Å². The number of hydrogen-bond acceptors (Lipinski definition) is 5. The zero-order valence-corrected chi connectivity index (χ0v) is 11.9. The minimum atomic E-state index is -0.963. The number of benzene rings is 1. The first-order valence-corrected chi connectivity index (χ1v) is 6.83. The van der Waals surface area contributed by atoms with Crippen molar-refractivity contribution >= 4 is 34.2 Å². The summed E-state index contributed by atoms with van der Waals surface area (Å²) >= 11 is 1.17. The number of aliphatic carboxylic acids is 1. The summed E-state index contributed by atoms with van der Waals surface area (Å²) in [6, 6.07) is 6.41. The highest BCUT2D eigenvalue weighted by molar-refractivity contribution is 7.13. The van der Waals surface area contributed by atoms with E-state index in [2.05, 4.69) is 15.6 Å². The van der Waals surface area contributed by atoms with Gasteiger partial charge in [-0.1, -0.05) is 0 Å². The quantitative estimate of drug-likeness (QED) is 0.787. The molecule has 2 aromatic rings. The average Bonchev–Trinajstić information content (AvgIpc) is 2.85. The van der Waals surface area contributed by atoms with Gasteiger partial charge in [-0.2, -0.15) is 0 Å². The van der Waals surface area contributed by atoms with Crippen molar-refractivity contribution in [3.63, 3.8) is 0 Å². The van der Waals surface area contributed by atoms with Crippen LogP contribution in [0.15, 0.2) is 29.6 Å². The molecule has 21 heavy (non-hydrogen) atoms. The standard InChI is InChI=1S/C13H13N3O4S/c1-20-10-4-2-8(3-5-10)14-12(19)16-13-15-9(7-21-13)6-11(17)18/h2-5,7H,6H2,1H3,(H,17,18)(H2,14,15,16,19). The Bertz CT molecular complexity index is 639. The molecule has 0 saturated heterocycles. The molecular formula is C13H13N3O4S. The molecule has 1 aromatic carbocycles. The molecule has 0 fully saturated rings. The summed E-state index contributed by atoms with van der Waals surface area (Å²) < 4.78 is 5.02. The van der Waals surface area contributed by atoms with Crippen molar-refractivity contribution in [2.45, 2.75) is 6.42 Å². The molecule has 0 unspecified atom stereocenters. The van der Waals surface area contributed by atoms with Crippen LogP contribution in [0.25, 0.3) is 0 Å². The van der Waals surface area contributed by atoms with Crippen molar-refractivity contribution < 1.29 is 19.4 Å². The number of urea groups is 1. The normalized spacial score (nSPS) is 9.95. The van der Waals surface area contributed by atoms with Crippen LogP contribution in [0.4, 0.5) is 15.6 Å². The molecule has 0 atom stereocenters. The van der Waals surface area contributed by atoms with Crippen molar-refractivity contribution in [1.82, 2.24) is 4.98 Å². The van der Waals surface area contributed by atoms with Crippen molar-refractivity contribution in [1.29, 1.82) is 0 Å². The largest absolute Gasteiger partial charge is 0.497 e. The molecule has 0 spiro atoms. The average molecular weight is 307 g/mol. The molecule has 0 saturated carbocycles. The number of amides is 2. The molecule has 2 rings (SSSR count). The third-order valence-corrected chi connectivity index (χ3v) is 3.26. The topological polar surface area (TPSA) is 101 Å². The number of methoxy groups -OCH3 is 1. The van der Waals surface area contributed by atoms with Crippen LogP contribution in [-0.2, 0) is 11.2 Å². The highest BCUT2D eigenvalue weighted by Crippen LogP contribution is 2.18. The van der Waals surface area contributed by atoms with Crippen LogP contribution in [0.5, 0.6) is 5.75 Å². The Morgan fingerprint density at radius 2 is 2.00 bits per heavy atom. The van der Waals surface area contributed by atoms with E-state index in [-0.39, 0.29) is 6.42 Å². The minimum absolute atomic E-state index is 0.168. The third-order valence-electron chi connectivity index (χ3n) is 2.45. The summed E-state index contributed by atoms with van der Waals surface area (Å²) in [6.07, 6.45) is -0.168. The Morgan fingerprint density at radius 3 is 2.62 bits per heavy atom. The van der Waals surface area contributed by atoms with E-state index in [4.69, 9.17) is 9.84 Å². The summed E-state index contributed by atoms with van der Waals surface area (Å²) in [5, 5.41) is 15.8. The predicted molar refractivity (Wildman–Crippen MR) is 79.1 cm³/mol. The number of rotatable bonds is 5. The van der Waals surface area contributed by atoms with Crippen LogP contribution < -0.4 is 15.4 Å². The van der Waals surface area contributed by atoms with Crippen LogP contribution in [0.1, 0.15) is 5.69 Å². The summed E-state index contributed by atoms with van der Waals surface area (Å²) in [7, 11) is 1.56.